The minimum absolute atomic E-state index is 0.0553. The van der Waals surface area contributed by atoms with Gasteiger partial charge < -0.3 is 15.3 Å². The molecule has 270 valence electrons. The second kappa shape index (κ2) is 16.1. The van der Waals surface area contributed by atoms with Gasteiger partial charge in [-0.15, -0.1) is 11.8 Å². The number of benzene rings is 5. The first kappa shape index (κ1) is 36.8. The maximum absolute atomic E-state index is 14.0. The number of alkyl halides is 3. The highest BCUT2D eigenvalue weighted by atomic mass is 32.2. The fourth-order valence-electron chi connectivity index (χ4n) is 6.03. The van der Waals surface area contributed by atoms with Crippen LogP contribution in [-0.2, 0) is 22.7 Å². The van der Waals surface area contributed by atoms with Crippen molar-refractivity contribution in [1.82, 2.24) is 9.62 Å². The van der Waals surface area contributed by atoms with E-state index in [-0.39, 0.29) is 23.5 Å². The molecule has 0 spiro atoms. The molecule has 0 atom stereocenters. The van der Waals surface area contributed by atoms with E-state index in [1.807, 2.05) is 65.4 Å². The lowest BCUT2D eigenvalue weighted by molar-refractivity contribution is -0.137. The molecule has 0 radical (unpaired) electrons. The van der Waals surface area contributed by atoms with E-state index >= 15 is 0 Å². The normalized spacial score (nSPS) is 13.9. The zero-order valence-electron chi connectivity index (χ0n) is 28.0. The Morgan fingerprint density at radius 2 is 1.52 bits per heavy atom. The van der Waals surface area contributed by atoms with Crippen LogP contribution in [0.2, 0.25) is 0 Å². The van der Waals surface area contributed by atoms with Crippen LogP contribution in [0.25, 0.3) is 11.1 Å². The Kier molecular flexibility index (Phi) is 11.4. The van der Waals surface area contributed by atoms with Gasteiger partial charge in [-0.2, -0.15) is 13.2 Å². The first-order valence-corrected chi connectivity index (χ1v) is 19.1. The van der Waals surface area contributed by atoms with E-state index in [0.29, 0.717) is 11.8 Å². The summed E-state index contributed by atoms with van der Waals surface area (Å²) < 4.78 is 70.0. The van der Waals surface area contributed by atoms with Crippen LogP contribution < -0.4 is 14.9 Å². The number of halogens is 3. The Labute approximate surface area is 305 Å². The highest BCUT2D eigenvalue weighted by molar-refractivity contribution is 7.99. The van der Waals surface area contributed by atoms with Gasteiger partial charge >= 0.3 is 6.18 Å². The van der Waals surface area contributed by atoms with E-state index in [1.165, 1.54) is 23.9 Å². The van der Waals surface area contributed by atoms with Crippen LogP contribution >= 0.6 is 11.8 Å². The third-order valence-corrected chi connectivity index (χ3v) is 11.0. The van der Waals surface area contributed by atoms with E-state index in [9.17, 15) is 31.5 Å². The van der Waals surface area contributed by atoms with Gasteiger partial charge in [0.2, 0.25) is 0 Å². The quantitative estimate of drug-likeness (QED) is 0.0882. The number of hydrogen-bond acceptors (Lipinski definition) is 8. The van der Waals surface area contributed by atoms with E-state index in [1.54, 1.807) is 24.3 Å². The van der Waals surface area contributed by atoms with Crippen LogP contribution in [0.4, 0.5) is 24.5 Å². The summed E-state index contributed by atoms with van der Waals surface area (Å²) >= 11 is 1.48. The molecule has 6 rings (SSSR count). The van der Waals surface area contributed by atoms with Crippen LogP contribution in [0.1, 0.15) is 21.5 Å². The molecule has 1 aliphatic heterocycles. The molecular formula is C39H37F3N4O4S2. The average molecular weight is 747 g/mol. The van der Waals surface area contributed by atoms with Crippen molar-refractivity contribution in [1.29, 1.82) is 0 Å². The van der Waals surface area contributed by atoms with Gasteiger partial charge in [0.1, 0.15) is 5.75 Å². The first-order chi connectivity index (χ1) is 25.0. The number of nitrogens with zero attached hydrogens (tertiary/aromatic N) is 2. The summed E-state index contributed by atoms with van der Waals surface area (Å²) in [5.41, 5.74) is 2.70. The van der Waals surface area contributed by atoms with E-state index in [2.05, 4.69) is 21.2 Å². The Morgan fingerprint density at radius 1 is 0.808 bits per heavy atom. The molecule has 3 N–H and O–H groups in total. The van der Waals surface area contributed by atoms with Gasteiger partial charge in [0.25, 0.3) is 15.9 Å². The molecule has 1 aliphatic rings. The SMILES string of the molecule is O=C(NS(=O)(=O)c1ccc(NCCSc2ccccc2)c(C(F)(F)F)c1)c1ccc(N2CCN(Cc3ccccc3-c3cccc(O)c3)CC2)cc1. The predicted molar refractivity (Wildman–Crippen MR) is 199 cm³/mol. The zero-order valence-corrected chi connectivity index (χ0v) is 29.6. The number of amides is 1. The van der Waals surface area contributed by atoms with Crippen molar-refractivity contribution < 1.29 is 31.5 Å². The van der Waals surface area contributed by atoms with E-state index < -0.39 is 32.6 Å². The molecule has 0 aromatic heterocycles. The van der Waals surface area contributed by atoms with Crippen LogP contribution in [0.5, 0.6) is 5.75 Å². The number of carbonyl (C=O) groups excluding carboxylic acids is 1. The maximum atomic E-state index is 14.0. The lowest BCUT2D eigenvalue weighted by Gasteiger charge is -2.36. The monoisotopic (exact) mass is 746 g/mol. The molecule has 0 unspecified atom stereocenters. The molecular weight excluding hydrogens is 710 g/mol. The van der Waals surface area contributed by atoms with Gasteiger partial charge in [-0.05, 0) is 83.4 Å². The Balaban J connectivity index is 1.04. The number of phenols is 1. The van der Waals surface area contributed by atoms with Gasteiger partial charge in [-0.25, -0.2) is 13.1 Å². The largest absolute Gasteiger partial charge is 0.508 e. The number of rotatable bonds is 12. The van der Waals surface area contributed by atoms with Crippen LogP contribution in [0.3, 0.4) is 0 Å². The molecule has 5 aromatic carbocycles. The van der Waals surface area contributed by atoms with Crippen molar-refractivity contribution in [2.24, 2.45) is 0 Å². The van der Waals surface area contributed by atoms with Gasteiger partial charge in [0, 0.05) is 66.9 Å². The topological polar surface area (TPSA) is 102 Å². The van der Waals surface area contributed by atoms with Gasteiger partial charge in [-0.1, -0.05) is 54.6 Å². The maximum Gasteiger partial charge on any atom is 0.418 e. The summed E-state index contributed by atoms with van der Waals surface area (Å²) in [7, 11) is -4.61. The van der Waals surface area contributed by atoms with Crippen molar-refractivity contribution in [2.75, 3.05) is 48.7 Å². The summed E-state index contributed by atoms with van der Waals surface area (Å²) in [6.45, 7) is 3.99. The summed E-state index contributed by atoms with van der Waals surface area (Å²) in [4.78, 5) is 17.8. The van der Waals surface area contributed by atoms with Crippen LogP contribution in [0.15, 0.2) is 131 Å². The second-order valence-electron chi connectivity index (χ2n) is 12.2. The molecule has 1 heterocycles. The molecule has 13 heteroatoms. The smallest absolute Gasteiger partial charge is 0.418 e. The predicted octanol–water partition coefficient (Wildman–Crippen LogP) is 7.72. The lowest BCUT2D eigenvalue weighted by atomic mass is 9.99. The first-order valence-electron chi connectivity index (χ1n) is 16.6. The second-order valence-corrected chi connectivity index (χ2v) is 15.1. The number of nitrogens with one attached hydrogen (secondary N) is 2. The number of aromatic hydroxyl groups is 1. The Bertz CT molecular complexity index is 2110. The molecule has 0 aliphatic carbocycles. The van der Waals surface area contributed by atoms with Gasteiger partial charge in [0.15, 0.2) is 0 Å². The summed E-state index contributed by atoms with van der Waals surface area (Å²) in [5.74, 6) is -0.242. The molecule has 52 heavy (non-hydrogen) atoms. The van der Waals surface area contributed by atoms with Crippen molar-refractivity contribution >= 4 is 39.1 Å². The number of carbonyl (C=O) groups is 1. The summed E-state index contributed by atoms with van der Waals surface area (Å²) in [6.07, 6.45) is -4.83. The zero-order chi connectivity index (χ0) is 36.7. The number of sulfonamides is 1. The molecule has 1 fully saturated rings. The minimum Gasteiger partial charge on any atom is -0.508 e. The summed E-state index contributed by atoms with van der Waals surface area (Å²) in [5, 5.41) is 12.7. The van der Waals surface area contributed by atoms with E-state index in [4.69, 9.17) is 0 Å². The third-order valence-electron chi connectivity index (χ3n) is 8.70. The van der Waals surface area contributed by atoms with Crippen LogP contribution in [0, 0.1) is 0 Å². The van der Waals surface area contributed by atoms with Crippen molar-refractivity contribution in [2.45, 2.75) is 22.5 Å². The fraction of sp³-hybridized carbons (Fsp3) is 0.205. The number of phenolic OH excluding ortho intramolecular Hbond substituents is 1. The highest BCUT2D eigenvalue weighted by Crippen LogP contribution is 2.36. The number of piperazine rings is 1. The molecule has 5 aromatic rings. The Hall–Kier alpha value is -4.98. The van der Waals surface area contributed by atoms with Gasteiger partial charge in [0.05, 0.1) is 10.5 Å². The molecule has 0 saturated carbocycles. The molecule has 0 bridgehead atoms. The highest BCUT2D eigenvalue weighted by Gasteiger charge is 2.35. The van der Waals surface area contributed by atoms with Crippen molar-refractivity contribution in [3.63, 3.8) is 0 Å². The van der Waals surface area contributed by atoms with Gasteiger partial charge in [-0.3, -0.25) is 9.69 Å². The standard InChI is InChI=1S/C39H37F3N4O4S2/c40-39(41,42)36-26-34(17-18-37(36)43-19-24-51-33-10-2-1-3-11-33)52(49,50)44-38(48)28-13-15-31(16-14-28)46-22-20-45(21-23-46)27-30-7-4-5-12-35(30)29-8-6-9-32(47)25-29/h1-18,25-26,43,47H,19-24,27H2,(H,44,48). The average Bonchev–Trinajstić information content (AvgIpc) is 3.14. The minimum atomic E-state index is -4.83. The summed E-state index contributed by atoms with van der Waals surface area (Å²) in [6, 6.07) is 33.9. The molecule has 1 saturated heterocycles. The lowest BCUT2D eigenvalue weighted by Crippen LogP contribution is -2.46. The molecule has 8 nitrogen and oxygen atoms in total. The number of hydrogen-bond donors (Lipinski definition) is 3. The third kappa shape index (κ3) is 9.27. The van der Waals surface area contributed by atoms with Crippen molar-refractivity contribution in [3.05, 3.63) is 138 Å². The number of anilines is 2. The Morgan fingerprint density at radius 3 is 2.23 bits per heavy atom. The van der Waals surface area contributed by atoms with Crippen LogP contribution in [-0.4, -0.2) is 62.8 Å². The number of thioether (sulfide) groups is 1. The molecule has 1 amide bonds. The van der Waals surface area contributed by atoms with E-state index in [0.717, 1.165) is 72.1 Å². The fourth-order valence-corrected chi connectivity index (χ4v) is 7.82. The van der Waals surface area contributed by atoms with Crippen molar-refractivity contribution in [3.8, 4) is 16.9 Å².